The maximum atomic E-state index is 5.61. The SMILES string of the molecule is COc1ccc(Br)cc1[C@@H]1Nc2ccccc2[C@@H]2C=CC[C@H]21. The van der Waals surface area contributed by atoms with E-state index in [2.05, 4.69) is 63.7 Å². The zero-order valence-electron chi connectivity index (χ0n) is 12.4. The smallest absolute Gasteiger partial charge is 0.124 e. The van der Waals surface area contributed by atoms with Gasteiger partial charge in [0.25, 0.3) is 0 Å². The molecule has 0 radical (unpaired) electrons. The number of anilines is 1. The molecule has 2 aromatic rings. The summed E-state index contributed by atoms with van der Waals surface area (Å²) in [5.41, 5.74) is 3.87. The Morgan fingerprint density at radius 1 is 1.14 bits per heavy atom. The molecule has 2 aromatic carbocycles. The van der Waals surface area contributed by atoms with Crippen LogP contribution in [0.4, 0.5) is 5.69 Å². The van der Waals surface area contributed by atoms with Gasteiger partial charge in [-0.25, -0.2) is 0 Å². The van der Waals surface area contributed by atoms with Crippen LogP contribution in [0.5, 0.6) is 5.75 Å². The lowest BCUT2D eigenvalue weighted by Gasteiger charge is -2.38. The quantitative estimate of drug-likeness (QED) is 0.739. The maximum Gasteiger partial charge on any atom is 0.124 e. The van der Waals surface area contributed by atoms with Crippen molar-refractivity contribution in [1.82, 2.24) is 0 Å². The Bertz CT molecular complexity index is 740. The van der Waals surface area contributed by atoms with Gasteiger partial charge in [-0.15, -0.1) is 0 Å². The molecule has 0 aromatic heterocycles. The molecule has 0 saturated carbocycles. The van der Waals surface area contributed by atoms with Crippen LogP contribution in [0.25, 0.3) is 0 Å². The van der Waals surface area contributed by atoms with Crippen LogP contribution in [0, 0.1) is 5.92 Å². The topological polar surface area (TPSA) is 21.3 Å². The highest BCUT2D eigenvalue weighted by molar-refractivity contribution is 9.10. The van der Waals surface area contributed by atoms with Crippen molar-refractivity contribution in [1.29, 1.82) is 0 Å². The summed E-state index contributed by atoms with van der Waals surface area (Å²) in [4.78, 5) is 0. The van der Waals surface area contributed by atoms with Crippen LogP contribution in [-0.2, 0) is 0 Å². The third-order valence-corrected chi connectivity index (χ3v) is 5.29. The molecule has 2 aliphatic rings. The number of allylic oxidation sites excluding steroid dienone is 2. The van der Waals surface area contributed by atoms with E-state index < -0.39 is 0 Å². The third-order valence-electron chi connectivity index (χ3n) is 4.80. The summed E-state index contributed by atoms with van der Waals surface area (Å²) in [6, 6.07) is 15.2. The third kappa shape index (κ3) is 2.15. The molecule has 0 bridgehead atoms. The summed E-state index contributed by atoms with van der Waals surface area (Å²) < 4.78 is 6.70. The zero-order chi connectivity index (χ0) is 15.1. The normalized spacial score (nSPS) is 25.3. The summed E-state index contributed by atoms with van der Waals surface area (Å²) in [7, 11) is 1.74. The molecule has 1 aliphatic heterocycles. The Labute approximate surface area is 139 Å². The van der Waals surface area contributed by atoms with Gasteiger partial charge in [-0.2, -0.15) is 0 Å². The first kappa shape index (κ1) is 13.9. The highest BCUT2D eigenvalue weighted by Crippen LogP contribution is 2.51. The van der Waals surface area contributed by atoms with Gasteiger partial charge in [0.1, 0.15) is 5.75 Å². The summed E-state index contributed by atoms with van der Waals surface area (Å²) in [6.07, 6.45) is 5.78. The number of hydrogen-bond donors (Lipinski definition) is 1. The fourth-order valence-electron chi connectivity index (χ4n) is 3.80. The van der Waals surface area contributed by atoms with Crippen LogP contribution in [0.15, 0.2) is 59.1 Å². The summed E-state index contributed by atoms with van der Waals surface area (Å²) in [5, 5.41) is 3.75. The number of nitrogens with one attached hydrogen (secondary N) is 1. The first-order chi connectivity index (χ1) is 10.8. The molecule has 2 nitrogen and oxygen atoms in total. The van der Waals surface area contributed by atoms with E-state index in [4.69, 9.17) is 4.74 Å². The zero-order valence-corrected chi connectivity index (χ0v) is 14.0. The van der Waals surface area contributed by atoms with E-state index in [9.17, 15) is 0 Å². The largest absolute Gasteiger partial charge is 0.496 e. The van der Waals surface area contributed by atoms with E-state index in [1.165, 1.54) is 16.8 Å². The van der Waals surface area contributed by atoms with Crippen molar-refractivity contribution in [2.45, 2.75) is 18.4 Å². The Balaban J connectivity index is 1.82. The van der Waals surface area contributed by atoms with Gasteiger partial charge in [0.15, 0.2) is 0 Å². The number of methoxy groups -OCH3 is 1. The molecule has 0 fully saturated rings. The lowest BCUT2D eigenvalue weighted by Crippen LogP contribution is -2.29. The molecule has 0 unspecified atom stereocenters. The summed E-state index contributed by atoms with van der Waals surface area (Å²) >= 11 is 3.60. The Morgan fingerprint density at radius 3 is 2.86 bits per heavy atom. The van der Waals surface area contributed by atoms with Crippen molar-refractivity contribution >= 4 is 21.6 Å². The Kier molecular flexibility index (Phi) is 3.45. The second-order valence-corrected chi connectivity index (χ2v) is 6.86. The standard InChI is InChI=1S/C19H18BrNO/c1-22-18-10-9-12(20)11-16(18)19-15-7-4-6-13(15)14-5-2-3-8-17(14)21-19/h2-6,8-11,13,15,19,21H,7H2,1H3/t13-,15+,19+/m0/s1. The molecule has 3 atom stereocenters. The molecule has 1 heterocycles. The molecule has 22 heavy (non-hydrogen) atoms. The van der Waals surface area contributed by atoms with Crippen molar-refractivity contribution in [2.75, 3.05) is 12.4 Å². The van der Waals surface area contributed by atoms with Gasteiger partial charge >= 0.3 is 0 Å². The molecule has 3 heteroatoms. The van der Waals surface area contributed by atoms with Gasteiger partial charge < -0.3 is 10.1 Å². The van der Waals surface area contributed by atoms with Crippen molar-refractivity contribution in [2.24, 2.45) is 5.92 Å². The number of rotatable bonds is 2. The minimum absolute atomic E-state index is 0.266. The van der Waals surface area contributed by atoms with Crippen LogP contribution in [0.1, 0.15) is 29.5 Å². The number of hydrogen-bond acceptors (Lipinski definition) is 2. The average molecular weight is 356 g/mol. The van der Waals surface area contributed by atoms with E-state index in [0.717, 1.165) is 16.6 Å². The van der Waals surface area contributed by atoms with Crippen LogP contribution in [0.3, 0.4) is 0 Å². The van der Waals surface area contributed by atoms with Gasteiger partial charge in [0.2, 0.25) is 0 Å². The lowest BCUT2D eigenvalue weighted by atomic mass is 9.77. The second kappa shape index (κ2) is 5.47. The molecular weight excluding hydrogens is 338 g/mol. The van der Waals surface area contributed by atoms with Gasteiger partial charge in [0, 0.05) is 21.6 Å². The number of fused-ring (bicyclic) bond motifs is 3. The van der Waals surface area contributed by atoms with Crippen LogP contribution in [0.2, 0.25) is 0 Å². The van der Waals surface area contributed by atoms with E-state index in [-0.39, 0.29) is 6.04 Å². The first-order valence-electron chi connectivity index (χ1n) is 7.63. The number of halogens is 1. The molecular formula is C19H18BrNO. The predicted molar refractivity (Wildman–Crippen MR) is 93.5 cm³/mol. The Hall–Kier alpha value is -1.74. The molecule has 1 aliphatic carbocycles. The summed E-state index contributed by atoms with van der Waals surface area (Å²) in [5.74, 6) is 1.98. The van der Waals surface area contributed by atoms with Gasteiger partial charge in [0.05, 0.1) is 13.2 Å². The average Bonchev–Trinajstić information content (AvgIpc) is 3.04. The number of benzene rings is 2. The fourth-order valence-corrected chi connectivity index (χ4v) is 4.18. The minimum Gasteiger partial charge on any atom is -0.496 e. The monoisotopic (exact) mass is 355 g/mol. The van der Waals surface area contributed by atoms with E-state index in [1.807, 2.05) is 12.1 Å². The van der Waals surface area contributed by atoms with Gasteiger partial charge in [-0.1, -0.05) is 46.3 Å². The highest BCUT2D eigenvalue weighted by atomic mass is 79.9. The van der Waals surface area contributed by atoms with Crippen molar-refractivity contribution in [3.05, 3.63) is 70.2 Å². The second-order valence-electron chi connectivity index (χ2n) is 5.95. The number of ether oxygens (including phenoxy) is 1. The van der Waals surface area contributed by atoms with Crippen LogP contribution < -0.4 is 10.1 Å². The van der Waals surface area contributed by atoms with Gasteiger partial charge in [-0.05, 0) is 42.2 Å². The Morgan fingerprint density at radius 2 is 2.00 bits per heavy atom. The van der Waals surface area contributed by atoms with E-state index in [1.54, 1.807) is 7.11 Å². The van der Waals surface area contributed by atoms with Crippen molar-refractivity contribution in [3.8, 4) is 5.75 Å². The molecule has 0 saturated heterocycles. The first-order valence-corrected chi connectivity index (χ1v) is 8.43. The molecule has 0 amide bonds. The predicted octanol–water partition coefficient (Wildman–Crippen LogP) is 5.28. The number of para-hydroxylation sites is 1. The lowest BCUT2D eigenvalue weighted by molar-refractivity contribution is 0.381. The molecule has 1 N–H and O–H groups in total. The summed E-state index contributed by atoms with van der Waals surface area (Å²) in [6.45, 7) is 0. The molecule has 0 spiro atoms. The maximum absolute atomic E-state index is 5.61. The van der Waals surface area contributed by atoms with E-state index >= 15 is 0 Å². The van der Waals surface area contributed by atoms with Gasteiger partial charge in [-0.3, -0.25) is 0 Å². The minimum atomic E-state index is 0.266. The fraction of sp³-hybridized carbons (Fsp3) is 0.263. The van der Waals surface area contributed by atoms with Crippen molar-refractivity contribution < 1.29 is 4.74 Å². The molecule has 112 valence electrons. The van der Waals surface area contributed by atoms with Crippen LogP contribution in [-0.4, -0.2) is 7.11 Å². The highest BCUT2D eigenvalue weighted by Gasteiger charge is 2.38. The van der Waals surface area contributed by atoms with E-state index in [0.29, 0.717) is 11.8 Å². The van der Waals surface area contributed by atoms with Crippen molar-refractivity contribution in [3.63, 3.8) is 0 Å². The van der Waals surface area contributed by atoms with Crippen LogP contribution >= 0.6 is 15.9 Å². The molecule has 4 rings (SSSR count).